The zero-order valence-corrected chi connectivity index (χ0v) is 16.3. The minimum Gasteiger partial charge on any atom is -0.372 e. The molecule has 2 N–H and O–H groups in total. The summed E-state index contributed by atoms with van der Waals surface area (Å²) < 4.78 is 40.3. The van der Waals surface area contributed by atoms with E-state index < -0.39 is 12.8 Å². The molecule has 0 aliphatic rings. The van der Waals surface area contributed by atoms with E-state index in [9.17, 15) is 13.2 Å². The van der Waals surface area contributed by atoms with Crippen molar-refractivity contribution in [2.75, 3.05) is 26.3 Å². The quantitative estimate of drug-likeness (QED) is 0.270. The Morgan fingerprint density at radius 1 is 1.17 bits per heavy atom. The average molecular weight is 459 g/mol. The highest BCUT2D eigenvalue weighted by Crippen LogP contribution is 2.14. The van der Waals surface area contributed by atoms with Gasteiger partial charge in [0.25, 0.3) is 0 Å². The molecule has 1 aromatic rings. The number of rotatable bonds is 8. The highest BCUT2D eigenvalue weighted by Gasteiger charge is 2.27. The van der Waals surface area contributed by atoms with E-state index in [1.165, 1.54) is 5.56 Å². The number of ether oxygens (including phenoxy) is 1. The van der Waals surface area contributed by atoms with Crippen molar-refractivity contribution in [3.8, 4) is 0 Å². The Morgan fingerprint density at radius 2 is 1.83 bits per heavy atom. The van der Waals surface area contributed by atoms with E-state index in [0.717, 1.165) is 5.56 Å². The molecule has 0 atom stereocenters. The van der Waals surface area contributed by atoms with Gasteiger partial charge < -0.3 is 15.4 Å². The van der Waals surface area contributed by atoms with Crippen molar-refractivity contribution in [2.45, 2.75) is 33.0 Å². The van der Waals surface area contributed by atoms with Crippen molar-refractivity contribution < 1.29 is 17.9 Å². The molecule has 0 heterocycles. The fraction of sp³-hybridized carbons (Fsp3) is 0.562. The molecular formula is C16H25F3IN3O. The molecule has 0 bridgehead atoms. The van der Waals surface area contributed by atoms with Crippen LogP contribution in [0.1, 0.15) is 24.5 Å². The predicted molar refractivity (Wildman–Crippen MR) is 101 cm³/mol. The van der Waals surface area contributed by atoms with E-state index in [-0.39, 0.29) is 30.6 Å². The maximum atomic E-state index is 11.9. The Kier molecular flexibility index (Phi) is 11.8. The number of hydrogen-bond acceptors (Lipinski definition) is 2. The molecule has 0 unspecified atom stereocenters. The maximum Gasteiger partial charge on any atom is 0.411 e. The average Bonchev–Trinajstić information content (AvgIpc) is 2.48. The third kappa shape index (κ3) is 11.5. The topological polar surface area (TPSA) is 45.7 Å². The van der Waals surface area contributed by atoms with E-state index in [0.29, 0.717) is 32.0 Å². The Labute approximate surface area is 158 Å². The van der Waals surface area contributed by atoms with Gasteiger partial charge in [0.05, 0.1) is 6.54 Å². The zero-order chi connectivity index (χ0) is 17.1. The first-order valence-electron chi connectivity index (χ1n) is 7.63. The normalized spacial score (nSPS) is 11.8. The first-order valence-corrected chi connectivity index (χ1v) is 7.63. The van der Waals surface area contributed by atoms with Crippen LogP contribution < -0.4 is 10.6 Å². The summed E-state index contributed by atoms with van der Waals surface area (Å²) in [5, 5.41) is 6.18. The number of benzene rings is 1. The molecule has 0 saturated heterocycles. The standard InChI is InChI=1S/C16H24F3N3O.HI/c1-3-20-15(21-9-4-10-23-12-16(17,18)19)22-11-14-7-5-13(2)6-8-14;/h5-8H,3-4,9-12H2,1-2H3,(H2,20,21,22);1H. The number of hydrogen-bond donors (Lipinski definition) is 2. The van der Waals surface area contributed by atoms with Gasteiger partial charge in [-0.15, -0.1) is 24.0 Å². The molecule has 8 heteroatoms. The lowest BCUT2D eigenvalue weighted by atomic mass is 10.1. The molecular weight excluding hydrogens is 434 g/mol. The number of alkyl halides is 3. The Bertz CT molecular complexity index is 478. The van der Waals surface area contributed by atoms with E-state index in [1.54, 1.807) is 0 Å². The molecule has 0 amide bonds. The number of guanidine groups is 1. The second kappa shape index (κ2) is 12.3. The summed E-state index contributed by atoms with van der Waals surface area (Å²) in [6, 6.07) is 8.10. The Hall–Kier alpha value is -1.03. The van der Waals surface area contributed by atoms with Crippen LogP contribution in [0.25, 0.3) is 0 Å². The van der Waals surface area contributed by atoms with Crippen LogP contribution in [0.5, 0.6) is 0 Å². The van der Waals surface area contributed by atoms with Crippen molar-refractivity contribution in [3.63, 3.8) is 0 Å². The highest BCUT2D eigenvalue weighted by atomic mass is 127. The summed E-state index contributed by atoms with van der Waals surface area (Å²) in [6.07, 6.45) is -3.79. The Balaban J connectivity index is 0.00000529. The van der Waals surface area contributed by atoms with Crippen LogP contribution in [0, 0.1) is 6.92 Å². The number of aliphatic imine (C=N–C) groups is 1. The first kappa shape index (κ1) is 23.0. The number of halogens is 4. The van der Waals surface area contributed by atoms with Gasteiger partial charge in [0.1, 0.15) is 6.61 Å². The van der Waals surface area contributed by atoms with Gasteiger partial charge >= 0.3 is 6.18 Å². The summed E-state index contributed by atoms with van der Waals surface area (Å²) in [6.45, 7) is 4.59. The molecule has 138 valence electrons. The molecule has 0 aromatic heterocycles. The lowest BCUT2D eigenvalue weighted by Gasteiger charge is -2.12. The minimum atomic E-state index is -4.27. The van der Waals surface area contributed by atoms with Crippen molar-refractivity contribution in [1.29, 1.82) is 0 Å². The van der Waals surface area contributed by atoms with Gasteiger partial charge in [0.15, 0.2) is 5.96 Å². The van der Waals surface area contributed by atoms with Gasteiger partial charge in [-0.25, -0.2) is 4.99 Å². The van der Waals surface area contributed by atoms with Gasteiger partial charge in [-0.05, 0) is 25.8 Å². The van der Waals surface area contributed by atoms with Gasteiger partial charge in [0, 0.05) is 19.7 Å². The number of nitrogens with zero attached hydrogens (tertiary/aromatic N) is 1. The van der Waals surface area contributed by atoms with E-state index in [4.69, 9.17) is 0 Å². The molecule has 1 aromatic carbocycles. The molecule has 0 aliphatic heterocycles. The molecule has 0 fully saturated rings. The molecule has 0 radical (unpaired) electrons. The van der Waals surface area contributed by atoms with Gasteiger partial charge in [0.2, 0.25) is 0 Å². The zero-order valence-electron chi connectivity index (χ0n) is 13.9. The third-order valence-electron chi connectivity index (χ3n) is 2.91. The molecule has 4 nitrogen and oxygen atoms in total. The van der Waals surface area contributed by atoms with E-state index >= 15 is 0 Å². The summed E-state index contributed by atoms with van der Waals surface area (Å²) in [4.78, 5) is 4.44. The predicted octanol–water partition coefficient (Wildman–Crippen LogP) is 3.64. The van der Waals surface area contributed by atoms with Crippen LogP contribution in [-0.4, -0.2) is 38.4 Å². The molecule has 0 saturated carbocycles. The van der Waals surface area contributed by atoms with Crippen molar-refractivity contribution in [2.24, 2.45) is 4.99 Å². The molecule has 24 heavy (non-hydrogen) atoms. The summed E-state index contributed by atoms with van der Waals surface area (Å²) >= 11 is 0. The second-order valence-electron chi connectivity index (χ2n) is 5.13. The number of aryl methyl sites for hydroxylation is 1. The number of nitrogens with one attached hydrogen (secondary N) is 2. The molecule has 0 aliphatic carbocycles. The molecule has 1 rings (SSSR count). The van der Waals surface area contributed by atoms with Crippen LogP contribution in [0.15, 0.2) is 29.3 Å². The van der Waals surface area contributed by atoms with Crippen LogP contribution in [-0.2, 0) is 11.3 Å². The van der Waals surface area contributed by atoms with Crippen molar-refractivity contribution >= 4 is 29.9 Å². The molecule has 0 spiro atoms. The largest absolute Gasteiger partial charge is 0.411 e. The van der Waals surface area contributed by atoms with Gasteiger partial charge in [-0.3, -0.25) is 0 Å². The van der Waals surface area contributed by atoms with E-state index in [1.807, 2.05) is 38.1 Å². The second-order valence-corrected chi connectivity index (χ2v) is 5.13. The monoisotopic (exact) mass is 459 g/mol. The third-order valence-corrected chi connectivity index (χ3v) is 2.91. The lowest BCUT2D eigenvalue weighted by molar-refractivity contribution is -0.173. The van der Waals surface area contributed by atoms with Gasteiger partial charge in [-0.1, -0.05) is 29.8 Å². The van der Waals surface area contributed by atoms with E-state index in [2.05, 4.69) is 20.4 Å². The van der Waals surface area contributed by atoms with Crippen molar-refractivity contribution in [3.05, 3.63) is 35.4 Å². The van der Waals surface area contributed by atoms with Crippen molar-refractivity contribution in [1.82, 2.24) is 10.6 Å². The summed E-state index contributed by atoms with van der Waals surface area (Å²) in [5.74, 6) is 0.642. The maximum absolute atomic E-state index is 11.9. The van der Waals surface area contributed by atoms with Gasteiger partial charge in [-0.2, -0.15) is 13.2 Å². The van der Waals surface area contributed by atoms with Crippen LogP contribution in [0.2, 0.25) is 0 Å². The summed E-state index contributed by atoms with van der Waals surface area (Å²) in [5.41, 5.74) is 2.29. The summed E-state index contributed by atoms with van der Waals surface area (Å²) in [7, 11) is 0. The highest BCUT2D eigenvalue weighted by molar-refractivity contribution is 14.0. The minimum absolute atomic E-state index is 0. The fourth-order valence-corrected chi connectivity index (χ4v) is 1.77. The SMILES string of the molecule is CCNC(=NCc1ccc(C)cc1)NCCCOCC(F)(F)F.I. The fourth-order valence-electron chi connectivity index (χ4n) is 1.77. The van der Waals surface area contributed by atoms with Crippen LogP contribution >= 0.6 is 24.0 Å². The Morgan fingerprint density at radius 3 is 2.42 bits per heavy atom. The van der Waals surface area contributed by atoms with Crippen LogP contribution in [0.3, 0.4) is 0 Å². The lowest BCUT2D eigenvalue weighted by Crippen LogP contribution is -2.38. The smallest absolute Gasteiger partial charge is 0.372 e. The van der Waals surface area contributed by atoms with Crippen LogP contribution in [0.4, 0.5) is 13.2 Å². The first-order chi connectivity index (χ1) is 10.9.